The predicted octanol–water partition coefficient (Wildman–Crippen LogP) is 5.54. The van der Waals surface area contributed by atoms with Gasteiger partial charge in [0.25, 0.3) is 0 Å². The minimum absolute atomic E-state index is 0.0371. The zero-order valence-corrected chi connectivity index (χ0v) is 15.9. The summed E-state index contributed by atoms with van der Waals surface area (Å²) in [5.41, 5.74) is 0. The van der Waals surface area contributed by atoms with Gasteiger partial charge in [0.15, 0.2) is 0 Å². The maximum Gasteiger partial charge on any atom is 0.0946 e. The molecular weight excluding hydrogens is 328 g/mol. The van der Waals surface area contributed by atoms with Crippen molar-refractivity contribution in [2.24, 2.45) is 0 Å². The zero-order valence-electron chi connectivity index (χ0n) is 15.1. The fourth-order valence-corrected chi connectivity index (χ4v) is 6.78. The number of imidazole rings is 1. The molecule has 132 valence electrons. The highest BCUT2D eigenvalue weighted by molar-refractivity contribution is 8.31. The van der Waals surface area contributed by atoms with E-state index in [1.807, 2.05) is 12.5 Å². The summed E-state index contributed by atoms with van der Waals surface area (Å²) in [5, 5.41) is 0. The average molecular weight is 355 g/mol. The molecule has 0 amide bonds. The third-order valence-electron chi connectivity index (χ3n) is 4.18. The van der Waals surface area contributed by atoms with Crippen LogP contribution in [-0.4, -0.2) is 20.9 Å². The standard InChI is InChI=1S/C21H26N2OS/c1-21(2,3)25(19-10-6-4-7-11-19,20-12-8-5-9-13-20)24-17-16-23-15-14-22-18-23/h4-15,18H,16-17H2,1-3H3. The van der Waals surface area contributed by atoms with E-state index in [2.05, 4.69) is 91.0 Å². The Hall–Kier alpha value is -2.04. The van der Waals surface area contributed by atoms with Crippen LogP contribution < -0.4 is 0 Å². The number of nitrogens with zero attached hydrogens (tertiary/aromatic N) is 2. The molecule has 0 saturated heterocycles. The van der Waals surface area contributed by atoms with Gasteiger partial charge in [0, 0.05) is 33.5 Å². The third-order valence-corrected chi connectivity index (χ3v) is 8.30. The van der Waals surface area contributed by atoms with Crippen LogP contribution in [0.1, 0.15) is 20.8 Å². The topological polar surface area (TPSA) is 27.1 Å². The fourth-order valence-electron chi connectivity index (χ4n) is 3.07. The molecule has 0 N–H and O–H groups in total. The summed E-state index contributed by atoms with van der Waals surface area (Å²) < 4.78 is 8.80. The Morgan fingerprint density at radius 3 is 1.92 bits per heavy atom. The van der Waals surface area contributed by atoms with Crippen molar-refractivity contribution >= 4 is 10.3 Å². The molecular formula is C21H26N2OS. The molecule has 25 heavy (non-hydrogen) atoms. The molecule has 0 aliphatic heterocycles. The van der Waals surface area contributed by atoms with Crippen LogP contribution in [0, 0.1) is 0 Å². The van der Waals surface area contributed by atoms with Crippen molar-refractivity contribution in [3.63, 3.8) is 0 Å². The minimum atomic E-state index is -1.66. The van der Waals surface area contributed by atoms with Gasteiger partial charge < -0.3 is 8.75 Å². The van der Waals surface area contributed by atoms with Crippen LogP contribution in [0.15, 0.2) is 89.2 Å². The Kier molecular flexibility index (Phi) is 5.30. The molecule has 0 atom stereocenters. The average Bonchev–Trinajstić information content (AvgIpc) is 3.13. The first-order valence-corrected chi connectivity index (χ1v) is 10.1. The van der Waals surface area contributed by atoms with E-state index < -0.39 is 10.3 Å². The second kappa shape index (κ2) is 7.46. The van der Waals surface area contributed by atoms with Gasteiger partial charge in [-0.3, -0.25) is 0 Å². The second-order valence-electron chi connectivity index (χ2n) is 6.92. The molecule has 4 heteroatoms. The Bertz CT molecular complexity index is 725. The molecule has 2 aromatic carbocycles. The van der Waals surface area contributed by atoms with Crippen LogP contribution in [0.5, 0.6) is 0 Å². The highest BCUT2D eigenvalue weighted by Crippen LogP contribution is 2.71. The summed E-state index contributed by atoms with van der Waals surface area (Å²) in [6.07, 6.45) is 5.61. The van der Waals surface area contributed by atoms with Gasteiger partial charge in [-0.2, -0.15) is 0 Å². The van der Waals surface area contributed by atoms with Crippen molar-refractivity contribution in [2.45, 2.75) is 41.9 Å². The van der Waals surface area contributed by atoms with Gasteiger partial charge in [-0.1, -0.05) is 46.7 Å². The van der Waals surface area contributed by atoms with Crippen molar-refractivity contribution in [3.05, 3.63) is 79.4 Å². The summed E-state index contributed by atoms with van der Waals surface area (Å²) in [7, 11) is -1.66. The molecule has 3 nitrogen and oxygen atoms in total. The van der Waals surface area contributed by atoms with E-state index in [9.17, 15) is 0 Å². The fraction of sp³-hybridized carbons (Fsp3) is 0.286. The lowest BCUT2D eigenvalue weighted by Gasteiger charge is -2.50. The number of hydrogen-bond donors (Lipinski definition) is 0. The molecule has 0 bridgehead atoms. The van der Waals surface area contributed by atoms with E-state index in [1.165, 1.54) is 9.79 Å². The molecule has 0 spiro atoms. The normalized spacial score (nSPS) is 12.9. The number of benzene rings is 2. The van der Waals surface area contributed by atoms with E-state index in [0.29, 0.717) is 6.61 Å². The van der Waals surface area contributed by atoms with Gasteiger partial charge in [-0.15, -0.1) is 0 Å². The maximum atomic E-state index is 6.77. The Balaban J connectivity index is 2.02. The van der Waals surface area contributed by atoms with Crippen molar-refractivity contribution in [2.75, 3.05) is 6.61 Å². The number of rotatable bonds is 6. The van der Waals surface area contributed by atoms with Crippen LogP contribution in [0.25, 0.3) is 0 Å². The first kappa shape index (κ1) is 17.8. The van der Waals surface area contributed by atoms with Gasteiger partial charge in [0.05, 0.1) is 12.9 Å². The molecule has 3 rings (SSSR count). The second-order valence-corrected chi connectivity index (χ2v) is 10.4. The number of hydrogen-bond acceptors (Lipinski definition) is 2. The summed E-state index contributed by atoms with van der Waals surface area (Å²) in [5.74, 6) is 0. The lowest BCUT2D eigenvalue weighted by atomic mass is 10.3. The summed E-state index contributed by atoms with van der Waals surface area (Å²) in [4.78, 5) is 6.64. The highest BCUT2D eigenvalue weighted by atomic mass is 32.3. The Morgan fingerprint density at radius 1 is 0.920 bits per heavy atom. The highest BCUT2D eigenvalue weighted by Gasteiger charge is 2.41. The van der Waals surface area contributed by atoms with E-state index in [1.54, 1.807) is 6.20 Å². The summed E-state index contributed by atoms with van der Waals surface area (Å²) in [6, 6.07) is 21.3. The van der Waals surface area contributed by atoms with Crippen LogP contribution in [0.4, 0.5) is 0 Å². The number of aromatic nitrogens is 2. The molecule has 3 aromatic rings. The molecule has 0 unspecified atom stereocenters. The molecule has 1 aromatic heterocycles. The maximum absolute atomic E-state index is 6.77. The van der Waals surface area contributed by atoms with Crippen molar-refractivity contribution < 1.29 is 4.18 Å². The molecule has 0 fully saturated rings. The summed E-state index contributed by atoms with van der Waals surface area (Å²) in [6.45, 7) is 8.27. The first-order chi connectivity index (χ1) is 12.0. The van der Waals surface area contributed by atoms with E-state index in [-0.39, 0.29) is 4.75 Å². The van der Waals surface area contributed by atoms with E-state index >= 15 is 0 Å². The van der Waals surface area contributed by atoms with Crippen LogP contribution in [0.3, 0.4) is 0 Å². The SMILES string of the molecule is CC(C)(C)S(OCCn1ccnc1)(c1ccccc1)c1ccccc1. The Labute approximate surface area is 152 Å². The minimum Gasteiger partial charge on any atom is -0.335 e. The zero-order chi connectivity index (χ0) is 17.8. The van der Waals surface area contributed by atoms with Gasteiger partial charge in [-0.05, 0) is 45.0 Å². The Morgan fingerprint density at radius 2 is 1.48 bits per heavy atom. The summed E-state index contributed by atoms with van der Waals surface area (Å²) >= 11 is 0. The molecule has 0 radical (unpaired) electrons. The molecule has 1 heterocycles. The lowest BCUT2D eigenvalue weighted by Crippen LogP contribution is -2.28. The molecule has 0 aliphatic rings. The van der Waals surface area contributed by atoms with Crippen LogP contribution >= 0.6 is 10.3 Å². The lowest BCUT2D eigenvalue weighted by molar-refractivity contribution is 0.322. The van der Waals surface area contributed by atoms with Crippen molar-refractivity contribution in [3.8, 4) is 0 Å². The van der Waals surface area contributed by atoms with Crippen molar-refractivity contribution in [1.82, 2.24) is 9.55 Å². The van der Waals surface area contributed by atoms with Gasteiger partial charge in [0.1, 0.15) is 0 Å². The van der Waals surface area contributed by atoms with Crippen molar-refractivity contribution in [1.29, 1.82) is 0 Å². The largest absolute Gasteiger partial charge is 0.335 e. The molecule has 0 saturated carbocycles. The van der Waals surface area contributed by atoms with Crippen LogP contribution in [0.2, 0.25) is 0 Å². The van der Waals surface area contributed by atoms with Gasteiger partial charge in [0.2, 0.25) is 0 Å². The van der Waals surface area contributed by atoms with Crippen LogP contribution in [-0.2, 0) is 10.7 Å². The molecule has 0 aliphatic carbocycles. The predicted molar refractivity (Wildman–Crippen MR) is 105 cm³/mol. The van der Waals surface area contributed by atoms with E-state index in [0.717, 1.165) is 6.54 Å². The quantitative estimate of drug-likeness (QED) is 0.581. The van der Waals surface area contributed by atoms with E-state index in [4.69, 9.17) is 4.18 Å². The third kappa shape index (κ3) is 3.65. The van der Waals surface area contributed by atoms with Gasteiger partial charge in [-0.25, -0.2) is 4.98 Å². The smallest absolute Gasteiger partial charge is 0.0946 e. The van der Waals surface area contributed by atoms with Gasteiger partial charge >= 0.3 is 0 Å². The first-order valence-electron chi connectivity index (χ1n) is 8.57. The monoisotopic (exact) mass is 354 g/mol.